The Hall–Kier alpha value is -1.88. The molecule has 0 radical (unpaired) electrons. The van der Waals surface area contributed by atoms with Gasteiger partial charge in [-0.3, -0.25) is 4.79 Å². The molecule has 3 aliphatic rings. The van der Waals surface area contributed by atoms with E-state index in [4.69, 9.17) is 9.47 Å². The molecule has 6 nitrogen and oxygen atoms in total. The maximum Gasteiger partial charge on any atom is 0.350 e. The molecule has 33 heavy (non-hydrogen) atoms. The van der Waals surface area contributed by atoms with Crippen LogP contribution in [0.4, 0.5) is 5.69 Å². The molecule has 7 heteroatoms. The van der Waals surface area contributed by atoms with Crippen LogP contribution in [0.25, 0.3) is 0 Å². The second-order valence-corrected chi connectivity index (χ2v) is 11.3. The highest BCUT2D eigenvalue weighted by molar-refractivity contribution is 7.15. The van der Waals surface area contributed by atoms with Gasteiger partial charge in [-0.1, -0.05) is 18.8 Å². The van der Waals surface area contributed by atoms with Gasteiger partial charge in [0.2, 0.25) is 5.91 Å². The number of rotatable bonds is 4. The van der Waals surface area contributed by atoms with Crippen molar-refractivity contribution in [3.63, 3.8) is 0 Å². The van der Waals surface area contributed by atoms with Gasteiger partial charge in [-0.05, 0) is 70.3 Å². The predicted molar refractivity (Wildman–Crippen MR) is 128 cm³/mol. The lowest BCUT2D eigenvalue weighted by molar-refractivity contribution is -0.124. The number of ether oxygens (including phenoxy) is 2. The fourth-order valence-corrected chi connectivity index (χ4v) is 5.99. The largest absolute Gasteiger partial charge is 0.465 e. The van der Waals surface area contributed by atoms with Gasteiger partial charge in [0.15, 0.2) is 0 Å². The normalized spacial score (nSPS) is 28.7. The van der Waals surface area contributed by atoms with E-state index in [-0.39, 0.29) is 29.4 Å². The highest BCUT2D eigenvalue weighted by Crippen LogP contribution is 2.39. The third kappa shape index (κ3) is 5.45. The van der Waals surface area contributed by atoms with Gasteiger partial charge in [-0.2, -0.15) is 0 Å². The van der Waals surface area contributed by atoms with Crippen LogP contribution in [0.15, 0.2) is 6.07 Å². The number of carbonyl (C=O) groups excluding carboxylic acids is 2. The van der Waals surface area contributed by atoms with Crippen molar-refractivity contribution < 1.29 is 24.2 Å². The van der Waals surface area contributed by atoms with Crippen LogP contribution in [0.1, 0.15) is 79.8 Å². The molecule has 2 aliphatic carbocycles. The number of carbonyl (C=O) groups is 2. The Bertz CT molecular complexity index is 924. The molecule has 4 rings (SSSR count). The maximum absolute atomic E-state index is 13.9. The Kier molecular flexibility index (Phi) is 7.47. The summed E-state index contributed by atoms with van der Waals surface area (Å²) in [6.07, 6.45) is 6.34. The molecule has 1 aromatic rings. The second-order valence-electron chi connectivity index (χ2n) is 10.2. The van der Waals surface area contributed by atoms with Crippen LogP contribution in [0.3, 0.4) is 0 Å². The molecule has 2 heterocycles. The van der Waals surface area contributed by atoms with Crippen LogP contribution < -0.4 is 4.90 Å². The van der Waals surface area contributed by atoms with Crippen LogP contribution in [0.2, 0.25) is 0 Å². The van der Waals surface area contributed by atoms with Crippen molar-refractivity contribution in [3.05, 3.63) is 15.8 Å². The number of thiophene rings is 1. The van der Waals surface area contributed by atoms with Gasteiger partial charge in [-0.25, -0.2) is 4.79 Å². The second kappa shape index (κ2) is 10.2. The number of aliphatic hydroxyl groups is 1. The first kappa shape index (κ1) is 24.3. The third-order valence-electron chi connectivity index (χ3n) is 7.31. The molecular weight excluding hydrogens is 438 g/mol. The van der Waals surface area contributed by atoms with Crippen molar-refractivity contribution in [1.82, 2.24) is 0 Å². The molecule has 0 bridgehead atoms. The quantitative estimate of drug-likeness (QED) is 0.519. The number of hydrogen-bond acceptors (Lipinski definition) is 6. The van der Waals surface area contributed by atoms with Gasteiger partial charge < -0.3 is 19.5 Å². The molecule has 0 unspecified atom stereocenters. The number of amides is 1. The molecule has 3 fully saturated rings. The number of anilines is 1. The Morgan fingerprint density at radius 2 is 1.82 bits per heavy atom. The summed E-state index contributed by atoms with van der Waals surface area (Å²) in [5.41, 5.74) is 0.458. The lowest BCUT2D eigenvalue weighted by Crippen LogP contribution is -2.47. The molecule has 1 aliphatic heterocycles. The standard InChI is InChI=1S/C26H35NO5S/c1-17-4-6-18(7-5-17)24(29)27(19-8-10-20(28)11-9-19)22-14-21(33-23(22)25(30)31-3)12-13-26(2)15-32-16-26/h14,17-20,28H,4-11,15-16H2,1-3H3/t17?,18?,19-,20+. The van der Waals surface area contributed by atoms with Crippen molar-refractivity contribution >= 4 is 28.9 Å². The molecular formula is C26H35NO5S. The zero-order chi connectivity index (χ0) is 23.6. The average molecular weight is 474 g/mol. The van der Waals surface area contributed by atoms with Crippen LogP contribution in [-0.2, 0) is 14.3 Å². The van der Waals surface area contributed by atoms with Crippen molar-refractivity contribution in [2.75, 3.05) is 25.2 Å². The number of nitrogens with zero attached hydrogens (tertiary/aromatic N) is 1. The van der Waals surface area contributed by atoms with E-state index in [1.54, 1.807) is 0 Å². The van der Waals surface area contributed by atoms with Crippen LogP contribution in [0, 0.1) is 29.1 Å². The fourth-order valence-electron chi connectivity index (χ4n) is 5.07. The molecule has 180 valence electrons. The van der Waals surface area contributed by atoms with E-state index < -0.39 is 5.97 Å². The summed E-state index contributed by atoms with van der Waals surface area (Å²) in [7, 11) is 1.37. The maximum atomic E-state index is 13.9. The third-order valence-corrected chi connectivity index (χ3v) is 8.33. The summed E-state index contributed by atoms with van der Waals surface area (Å²) < 4.78 is 10.4. The van der Waals surface area contributed by atoms with Gasteiger partial charge in [-0.15, -0.1) is 11.3 Å². The van der Waals surface area contributed by atoms with Crippen LogP contribution in [0.5, 0.6) is 0 Å². The zero-order valence-corrected chi connectivity index (χ0v) is 20.7. The molecule has 0 spiro atoms. The smallest absolute Gasteiger partial charge is 0.350 e. The molecule has 1 aromatic heterocycles. The molecule has 0 aromatic carbocycles. The monoisotopic (exact) mass is 473 g/mol. The summed E-state index contributed by atoms with van der Waals surface area (Å²) in [6, 6.07) is 1.86. The van der Waals surface area contributed by atoms with E-state index in [0.29, 0.717) is 42.5 Å². The lowest BCUT2D eigenvalue weighted by Gasteiger charge is -2.38. The van der Waals surface area contributed by atoms with Crippen molar-refractivity contribution in [2.24, 2.45) is 17.3 Å². The van der Waals surface area contributed by atoms with Crippen LogP contribution >= 0.6 is 11.3 Å². The Balaban J connectivity index is 1.69. The van der Waals surface area contributed by atoms with Crippen molar-refractivity contribution in [2.45, 2.75) is 77.4 Å². The van der Waals surface area contributed by atoms with Gasteiger partial charge in [0.05, 0.1) is 42.4 Å². The van der Waals surface area contributed by atoms with Crippen molar-refractivity contribution in [1.29, 1.82) is 0 Å². The van der Waals surface area contributed by atoms with E-state index >= 15 is 0 Å². The summed E-state index contributed by atoms with van der Waals surface area (Å²) in [6.45, 7) is 5.52. The summed E-state index contributed by atoms with van der Waals surface area (Å²) >= 11 is 1.29. The minimum absolute atomic E-state index is 0.0287. The first-order valence-electron chi connectivity index (χ1n) is 12.1. The molecule has 0 atom stereocenters. The van der Waals surface area contributed by atoms with E-state index in [2.05, 4.69) is 25.7 Å². The number of hydrogen-bond donors (Lipinski definition) is 1. The van der Waals surface area contributed by atoms with Gasteiger partial charge in [0.1, 0.15) is 4.88 Å². The fraction of sp³-hybridized carbons (Fsp3) is 0.692. The van der Waals surface area contributed by atoms with Crippen LogP contribution in [-0.4, -0.2) is 49.5 Å². The van der Waals surface area contributed by atoms with E-state index in [1.807, 2.05) is 11.0 Å². The Morgan fingerprint density at radius 3 is 2.39 bits per heavy atom. The van der Waals surface area contributed by atoms with E-state index in [0.717, 1.165) is 43.4 Å². The first-order chi connectivity index (χ1) is 15.8. The number of aliphatic hydroxyl groups excluding tert-OH is 1. The number of esters is 1. The van der Waals surface area contributed by atoms with E-state index in [1.165, 1.54) is 18.4 Å². The van der Waals surface area contributed by atoms with Gasteiger partial charge >= 0.3 is 5.97 Å². The minimum Gasteiger partial charge on any atom is -0.465 e. The Labute approximate surface area is 200 Å². The lowest BCUT2D eigenvalue weighted by atomic mass is 9.81. The predicted octanol–water partition coefficient (Wildman–Crippen LogP) is 4.39. The summed E-state index contributed by atoms with van der Waals surface area (Å²) in [5.74, 6) is 6.78. The average Bonchev–Trinajstić information content (AvgIpc) is 3.21. The minimum atomic E-state index is -0.438. The van der Waals surface area contributed by atoms with Crippen molar-refractivity contribution in [3.8, 4) is 11.8 Å². The molecule has 2 saturated carbocycles. The zero-order valence-electron chi connectivity index (χ0n) is 19.9. The Morgan fingerprint density at radius 1 is 1.15 bits per heavy atom. The summed E-state index contributed by atoms with van der Waals surface area (Å²) in [4.78, 5) is 29.7. The first-order valence-corrected chi connectivity index (χ1v) is 13.0. The SMILES string of the molecule is COC(=O)c1sc(C#CC2(C)COC2)cc1N(C(=O)C1CCC(C)CC1)[C@H]1CC[C@@H](O)CC1. The molecule has 1 amide bonds. The highest BCUT2D eigenvalue weighted by Gasteiger charge is 2.37. The highest BCUT2D eigenvalue weighted by atomic mass is 32.1. The molecule has 1 saturated heterocycles. The number of methoxy groups -OCH3 is 1. The molecule has 1 N–H and O–H groups in total. The van der Waals surface area contributed by atoms with Gasteiger partial charge in [0.25, 0.3) is 0 Å². The van der Waals surface area contributed by atoms with Gasteiger partial charge in [0, 0.05) is 12.0 Å². The van der Waals surface area contributed by atoms with E-state index in [9.17, 15) is 14.7 Å². The topological polar surface area (TPSA) is 76.1 Å². The summed E-state index contributed by atoms with van der Waals surface area (Å²) in [5, 5.41) is 10.1.